The smallest absolute Gasteiger partial charge is 0.253 e. The minimum atomic E-state index is -0.445. The predicted octanol–water partition coefficient (Wildman–Crippen LogP) is 1.56. The fourth-order valence-electron chi connectivity index (χ4n) is 1.41. The minimum Gasteiger partial charge on any atom is -0.398 e. The molecule has 0 bridgehead atoms. The molecule has 0 unspecified atom stereocenters. The fraction of sp³-hybridized carbons (Fsp3) is 0.417. The number of nitrogens with two attached hydrogens (primary N) is 1. The highest BCUT2D eigenvalue weighted by Crippen LogP contribution is 2.12. The molecule has 0 aliphatic heterocycles. The summed E-state index contributed by atoms with van der Waals surface area (Å²) in [6.07, 6.45) is 1.72. The largest absolute Gasteiger partial charge is 0.398 e. The van der Waals surface area contributed by atoms with Crippen molar-refractivity contribution in [3.05, 3.63) is 29.6 Å². The van der Waals surface area contributed by atoms with Gasteiger partial charge in [-0.25, -0.2) is 4.39 Å². The molecule has 0 fully saturated rings. The molecule has 94 valence electrons. The Bertz CT molecular complexity index is 383. The van der Waals surface area contributed by atoms with E-state index in [1.165, 1.54) is 12.1 Å². The lowest BCUT2D eigenvalue weighted by atomic mass is 10.1. The number of hydrogen-bond donors (Lipinski definition) is 2. The topological polar surface area (TPSA) is 64.3 Å². The predicted molar refractivity (Wildman–Crippen MR) is 64.3 cm³/mol. The zero-order valence-electron chi connectivity index (χ0n) is 9.83. The van der Waals surface area contributed by atoms with Crippen LogP contribution in [-0.4, -0.2) is 26.2 Å². The zero-order chi connectivity index (χ0) is 12.7. The average Bonchev–Trinajstić information content (AvgIpc) is 2.28. The van der Waals surface area contributed by atoms with E-state index >= 15 is 0 Å². The Balaban J connectivity index is 2.42. The standard InChI is InChI=1S/C12H17FN2O2/c1-17-7-3-2-6-15-12(16)10-5-4-9(13)8-11(10)14/h4-5,8H,2-3,6-7,14H2,1H3,(H,15,16). The number of methoxy groups -OCH3 is 1. The maximum atomic E-state index is 12.8. The van der Waals surface area contributed by atoms with Crippen molar-refractivity contribution in [2.45, 2.75) is 12.8 Å². The number of rotatable bonds is 6. The van der Waals surface area contributed by atoms with Crippen LogP contribution in [0.3, 0.4) is 0 Å². The molecule has 4 nitrogen and oxygen atoms in total. The number of benzene rings is 1. The van der Waals surface area contributed by atoms with Gasteiger partial charge < -0.3 is 15.8 Å². The number of carbonyl (C=O) groups excluding carboxylic acids is 1. The maximum absolute atomic E-state index is 12.8. The molecule has 1 amide bonds. The summed E-state index contributed by atoms with van der Waals surface area (Å²) in [5, 5.41) is 2.72. The van der Waals surface area contributed by atoms with Crippen molar-refractivity contribution >= 4 is 11.6 Å². The van der Waals surface area contributed by atoms with Gasteiger partial charge in [-0.2, -0.15) is 0 Å². The van der Waals surface area contributed by atoms with Crippen LogP contribution in [0.15, 0.2) is 18.2 Å². The summed E-state index contributed by atoms with van der Waals surface area (Å²) in [6.45, 7) is 1.23. The second-order valence-corrected chi connectivity index (χ2v) is 3.69. The first-order valence-corrected chi connectivity index (χ1v) is 5.47. The molecule has 0 spiro atoms. The quantitative estimate of drug-likeness (QED) is 0.586. The molecule has 0 aliphatic rings. The number of carbonyl (C=O) groups is 1. The molecule has 17 heavy (non-hydrogen) atoms. The Morgan fingerprint density at radius 3 is 2.88 bits per heavy atom. The van der Waals surface area contributed by atoms with E-state index in [1.54, 1.807) is 7.11 Å². The van der Waals surface area contributed by atoms with Crippen LogP contribution in [0, 0.1) is 5.82 Å². The van der Waals surface area contributed by atoms with Crippen molar-refractivity contribution < 1.29 is 13.9 Å². The Hall–Kier alpha value is -1.62. The molecule has 5 heteroatoms. The van der Waals surface area contributed by atoms with Crippen molar-refractivity contribution in [1.29, 1.82) is 0 Å². The van der Waals surface area contributed by atoms with Gasteiger partial charge in [0.15, 0.2) is 0 Å². The number of nitrogen functional groups attached to an aromatic ring is 1. The van der Waals surface area contributed by atoms with E-state index in [-0.39, 0.29) is 11.6 Å². The van der Waals surface area contributed by atoms with Crippen molar-refractivity contribution in [2.24, 2.45) is 0 Å². The molecule has 0 heterocycles. The lowest BCUT2D eigenvalue weighted by molar-refractivity contribution is 0.0952. The first kappa shape index (κ1) is 13.4. The highest BCUT2D eigenvalue weighted by molar-refractivity contribution is 5.99. The summed E-state index contributed by atoms with van der Waals surface area (Å²) >= 11 is 0. The van der Waals surface area contributed by atoms with E-state index in [0.717, 1.165) is 18.9 Å². The summed E-state index contributed by atoms with van der Waals surface area (Å²) in [5.41, 5.74) is 6.01. The van der Waals surface area contributed by atoms with E-state index in [4.69, 9.17) is 10.5 Å². The Morgan fingerprint density at radius 1 is 1.47 bits per heavy atom. The van der Waals surface area contributed by atoms with Gasteiger partial charge in [0, 0.05) is 25.9 Å². The number of anilines is 1. The molecule has 0 aliphatic carbocycles. The van der Waals surface area contributed by atoms with Gasteiger partial charge >= 0.3 is 0 Å². The first-order valence-electron chi connectivity index (χ1n) is 5.47. The van der Waals surface area contributed by atoms with Gasteiger partial charge in [-0.1, -0.05) is 0 Å². The molecule has 0 aromatic heterocycles. The van der Waals surface area contributed by atoms with Crippen molar-refractivity contribution in [3.8, 4) is 0 Å². The summed E-state index contributed by atoms with van der Waals surface area (Å²) in [5.74, 6) is -0.723. The van der Waals surface area contributed by atoms with Crippen LogP contribution in [0.4, 0.5) is 10.1 Å². The molecule has 3 N–H and O–H groups in total. The lowest BCUT2D eigenvalue weighted by Crippen LogP contribution is -2.25. The molecular weight excluding hydrogens is 223 g/mol. The Labute approximate surface area is 100.0 Å². The van der Waals surface area contributed by atoms with Gasteiger partial charge in [0.25, 0.3) is 5.91 Å². The second kappa shape index (κ2) is 6.85. The van der Waals surface area contributed by atoms with Crippen LogP contribution in [0.2, 0.25) is 0 Å². The molecule has 0 saturated carbocycles. The summed E-state index contributed by atoms with van der Waals surface area (Å²) < 4.78 is 17.7. The highest BCUT2D eigenvalue weighted by atomic mass is 19.1. The van der Waals surface area contributed by atoms with E-state index in [2.05, 4.69) is 5.32 Å². The van der Waals surface area contributed by atoms with Gasteiger partial charge in [0.1, 0.15) is 5.82 Å². The van der Waals surface area contributed by atoms with Crippen LogP contribution in [0.5, 0.6) is 0 Å². The van der Waals surface area contributed by atoms with E-state index < -0.39 is 5.82 Å². The maximum Gasteiger partial charge on any atom is 0.253 e. The minimum absolute atomic E-state index is 0.152. The SMILES string of the molecule is COCCCCNC(=O)c1ccc(F)cc1N. The van der Waals surface area contributed by atoms with Crippen molar-refractivity contribution in [3.63, 3.8) is 0 Å². The molecular formula is C12H17FN2O2. The number of ether oxygens (including phenoxy) is 1. The molecule has 1 aromatic rings. The van der Waals surface area contributed by atoms with E-state index in [0.29, 0.717) is 18.7 Å². The summed E-state index contributed by atoms with van der Waals surface area (Å²) in [6, 6.07) is 3.74. The van der Waals surface area contributed by atoms with Gasteiger partial charge in [-0.15, -0.1) is 0 Å². The van der Waals surface area contributed by atoms with Crippen LogP contribution in [0.1, 0.15) is 23.2 Å². The van der Waals surface area contributed by atoms with Crippen molar-refractivity contribution in [1.82, 2.24) is 5.32 Å². The number of hydrogen-bond acceptors (Lipinski definition) is 3. The third-order valence-electron chi connectivity index (χ3n) is 2.32. The molecule has 0 atom stereocenters. The first-order chi connectivity index (χ1) is 8.15. The van der Waals surface area contributed by atoms with Crippen LogP contribution in [-0.2, 0) is 4.74 Å². The van der Waals surface area contributed by atoms with Crippen LogP contribution in [0.25, 0.3) is 0 Å². The zero-order valence-corrected chi connectivity index (χ0v) is 9.83. The lowest BCUT2D eigenvalue weighted by Gasteiger charge is -2.07. The third-order valence-corrected chi connectivity index (χ3v) is 2.32. The number of nitrogens with one attached hydrogen (secondary N) is 1. The van der Waals surface area contributed by atoms with E-state index in [1.807, 2.05) is 0 Å². The second-order valence-electron chi connectivity index (χ2n) is 3.69. The molecule has 0 radical (unpaired) electrons. The highest BCUT2D eigenvalue weighted by Gasteiger charge is 2.09. The van der Waals surface area contributed by atoms with Gasteiger partial charge in [0.05, 0.1) is 5.56 Å². The van der Waals surface area contributed by atoms with Gasteiger partial charge in [0.2, 0.25) is 0 Å². The van der Waals surface area contributed by atoms with Crippen LogP contribution >= 0.6 is 0 Å². The molecule has 0 saturated heterocycles. The van der Waals surface area contributed by atoms with Crippen LogP contribution < -0.4 is 11.1 Å². The molecule has 1 rings (SSSR count). The Kier molecular flexibility index (Phi) is 5.42. The van der Waals surface area contributed by atoms with Crippen molar-refractivity contribution in [2.75, 3.05) is 26.0 Å². The van der Waals surface area contributed by atoms with Gasteiger partial charge in [-0.05, 0) is 31.0 Å². The van der Waals surface area contributed by atoms with Gasteiger partial charge in [-0.3, -0.25) is 4.79 Å². The average molecular weight is 240 g/mol. The number of halogens is 1. The van der Waals surface area contributed by atoms with E-state index in [9.17, 15) is 9.18 Å². The monoisotopic (exact) mass is 240 g/mol. The Morgan fingerprint density at radius 2 is 2.24 bits per heavy atom. The summed E-state index contributed by atoms with van der Waals surface area (Å²) in [4.78, 5) is 11.7. The third kappa shape index (κ3) is 4.40. The number of unbranched alkanes of at least 4 members (excludes halogenated alkanes) is 1. The number of amides is 1. The fourth-order valence-corrected chi connectivity index (χ4v) is 1.41. The molecule has 1 aromatic carbocycles. The normalized spacial score (nSPS) is 10.2. The summed E-state index contributed by atoms with van der Waals surface area (Å²) in [7, 11) is 1.64.